The first kappa shape index (κ1) is 22.3. The van der Waals surface area contributed by atoms with Crippen LogP contribution in [0.4, 0.5) is 10.2 Å². The molecule has 0 unspecified atom stereocenters. The van der Waals surface area contributed by atoms with E-state index >= 15 is 0 Å². The van der Waals surface area contributed by atoms with Gasteiger partial charge in [-0.15, -0.1) is 0 Å². The zero-order chi connectivity index (χ0) is 22.3. The van der Waals surface area contributed by atoms with Gasteiger partial charge in [-0.05, 0) is 78.5 Å². The topological polar surface area (TPSA) is 116 Å². The molecule has 1 aliphatic carbocycles. The van der Waals surface area contributed by atoms with Crippen molar-refractivity contribution < 1.29 is 12.8 Å². The number of hydrogen-bond donors (Lipinski definition) is 2. The Balaban J connectivity index is 1.71. The van der Waals surface area contributed by atoms with E-state index in [1.54, 1.807) is 18.4 Å². The predicted molar refractivity (Wildman–Crippen MR) is 126 cm³/mol. The van der Waals surface area contributed by atoms with Gasteiger partial charge in [-0.2, -0.15) is 14.4 Å². The van der Waals surface area contributed by atoms with Gasteiger partial charge in [0.25, 0.3) is 0 Å². The summed E-state index contributed by atoms with van der Waals surface area (Å²) in [5.74, 6) is 0.607. The van der Waals surface area contributed by atoms with Gasteiger partial charge in [0.05, 0.1) is 5.25 Å². The summed E-state index contributed by atoms with van der Waals surface area (Å²) in [6.45, 7) is 3.60. The van der Waals surface area contributed by atoms with Crippen LogP contribution in [0.5, 0.6) is 0 Å². The molecule has 0 spiro atoms. The normalized spacial score (nSPS) is 14.0. The van der Waals surface area contributed by atoms with Crippen LogP contribution in [0.15, 0.2) is 12.1 Å². The fourth-order valence-electron chi connectivity index (χ4n) is 3.83. The molecule has 0 fully saturated rings. The average Bonchev–Trinajstić information content (AvgIpc) is 3.27. The maximum Gasteiger partial charge on any atom is 0.312 e. The monoisotopic (exact) mass is 558 g/mol. The van der Waals surface area contributed by atoms with Gasteiger partial charge in [-0.25, -0.2) is 18.1 Å². The van der Waals surface area contributed by atoms with Gasteiger partial charge < -0.3 is 10.3 Å². The molecule has 0 radical (unpaired) electrons. The first-order valence-corrected chi connectivity index (χ1v) is 12.7. The van der Waals surface area contributed by atoms with Crippen LogP contribution in [0.1, 0.15) is 42.8 Å². The minimum absolute atomic E-state index is 0.0334. The van der Waals surface area contributed by atoms with Crippen molar-refractivity contribution in [3.05, 3.63) is 44.3 Å². The molecule has 0 aliphatic heterocycles. The van der Waals surface area contributed by atoms with Crippen LogP contribution in [-0.2, 0) is 35.8 Å². The number of rotatable bonds is 7. The van der Waals surface area contributed by atoms with Gasteiger partial charge in [0.1, 0.15) is 5.82 Å². The summed E-state index contributed by atoms with van der Waals surface area (Å²) in [5.41, 5.74) is 10.3. The van der Waals surface area contributed by atoms with E-state index in [-0.39, 0.29) is 24.6 Å². The number of sulfonamides is 1. The Morgan fingerprint density at radius 1 is 1.23 bits per heavy atom. The van der Waals surface area contributed by atoms with Crippen molar-refractivity contribution in [1.82, 2.24) is 24.2 Å². The smallest absolute Gasteiger partial charge is 0.312 e. The Hall–Kier alpha value is -1.86. The molecule has 2 heterocycles. The van der Waals surface area contributed by atoms with Gasteiger partial charge in [0, 0.05) is 23.1 Å². The molecule has 1 aromatic carbocycles. The fourth-order valence-corrected chi connectivity index (χ4v) is 5.26. The zero-order valence-corrected chi connectivity index (χ0v) is 20.3. The number of nitrogens with one attached hydrogen (secondary N) is 1. The summed E-state index contributed by atoms with van der Waals surface area (Å²) < 4.78 is 43.6. The number of aromatic nitrogens is 4. The maximum absolute atomic E-state index is 13.9. The van der Waals surface area contributed by atoms with Crippen molar-refractivity contribution in [3.8, 4) is 0 Å². The molecule has 4 rings (SSSR count). The van der Waals surface area contributed by atoms with Gasteiger partial charge in [0.2, 0.25) is 10.0 Å². The number of nitrogen functional groups attached to an aromatic ring is 1. The van der Waals surface area contributed by atoms with Crippen molar-refractivity contribution >= 4 is 49.6 Å². The van der Waals surface area contributed by atoms with Gasteiger partial charge in [-0.1, -0.05) is 6.07 Å². The fraction of sp³-hybridized carbons (Fsp3) is 0.450. The third-order valence-corrected chi connectivity index (χ3v) is 8.39. The lowest BCUT2D eigenvalue weighted by Gasteiger charge is -2.13. The molecule has 0 saturated carbocycles. The Labute approximate surface area is 194 Å². The van der Waals surface area contributed by atoms with E-state index < -0.39 is 21.4 Å². The van der Waals surface area contributed by atoms with E-state index in [2.05, 4.69) is 54.4 Å². The molecule has 3 aromatic rings. The van der Waals surface area contributed by atoms with E-state index in [4.69, 9.17) is 5.73 Å². The molecule has 0 bridgehead atoms. The summed E-state index contributed by atoms with van der Waals surface area (Å²) in [4.78, 5) is 12.1. The maximum atomic E-state index is 13.9. The molecule has 2 aromatic heterocycles. The molecular formula is C20H24FIN6O2S. The molecule has 3 N–H and O–H groups in total. The van der Waals surface area contributed by atoms with E-state index in [1.165, 1.54) is 11.1 Å². The lowest BCUT2D eigenvalue weighted by molar-refractivity contribution is 0.539. The van der Waals surface area contributed by atoms with Gasteiger partial charge >= 0.3 is 6.08 Å². The SMILES string of the molecule is CC(C)S(=O)(=O)NCCn1c(Cc2cc3c(cc2I)CCC3)nc2c(N)nc(F)nc21. The van der Waals surface area contributed by atoms with Crippen LogP contribution in [0.25, 0.3) is 11.2 Å². The van der Waals surface area contributed by atoms with Crippen LogP contribution in [0, 0.1) is 9.65 Å². The van der Waals surface area contributed by atoms with Gasteiger partial charge in [-0.3, -0.25) is 0 Å². The van der Waals surface area contributed by atoms with Crippen molar-refractivity contribution in [3.63, 3.8) is 0 Å². The molecule has 0 amide bonds. The highest BCUT2D eigenvalue weighted by Crippen LogP contribution is 2.29. The molecule has 0 saturated heterocycles. The van der Waals surface area contributed by atoms with Crippen LogP contribution < -0.4 is 10.5 Å². The average molecular weight is 558 g/mol. The van der Waals surface area contributed by atoms with Crippen molar-refractivity contribution in [2.45, 2.75) is 51.3 Å². The van der Waals surface area contributed by atoms with Gasteiger partial charge in [0.15, 0.2) is 17.0 Å². The molecule has 166 valence electrons. The highest BCUT2D eigenvalue weighted by molar-refractivity contribution is 14.1. The second kappa shape index (κ2) is 8.58. The van der Waals surface area contributed by atoms with Crippen LogP contribution in [-0.4, -0.2) is 39.7 Å². The largest absolute Gasteiger partial charge is 0.382 e. The summed E-state index contributed by atoms with van der Waals surface area (Å²) in [7, 11) is -3.42. The van der Waals surface area contributed by atoms with Crippen molar-refractivity contribution in [1.29, 1.82) is 0 Å². The van der Waals surface area contributed by atoms with Crippen LogP contribution >= 0.6 is 22.6 Å². The number of nitrogens with two attached hydrogens (primary N) is 1. The lowest BCUT2D eigenvalue weighted by Crippen LogP contribution is -2.33. The van der Waals surface area contributed by atoms with Crippen LogP contribution in [0.3, 0.4) is 0 Å². The number of halogens is 2. The van der Waals surface area contributed by atoms with Crippen molar-refractivity contribution in [2.24, 2.45) is 0 Å². The number of hydrogen-bond acceptors (Lipinski definition) is 6. The number of anilines is 1. The molecule has 0 atom stereocenters. The minimum Gasteiger partial charge on any atom is -0.382 e. The molecule has 1 aliphatic rings. The quantitative estimate of drug-likeness (QED) is 0.340. The second-order valence-electron chi connectivity index (χ2n) is 7.96. The Bertz CT molecular complexity index is 1260. The van der Waals surface area contributed by atoms with Crippen molar-refractivity contribution in [2.75, 3.05) is 12.3 Å². The molecule has 31 heavy (non-hydrogen) atoms. The lowest BCUT2D eigenvalue weighted by atomic mass is 10.0. The number of nitrogens with zero attached hydrogens (tertiary/aromatic N) is 4. The Morgan fingerprint density at radius 3 is 2.65 bits per heavy atom. The summed E-state index contributed by atoms with van der Waals surface area (Å²) in [5, 5.41) is -0.546. The van der Waals surface area contributed by atoms with Crippen LogP contribution in [0.2, 0.25) is 0 Å². The third-order valence-electron chi connectivity index (χ3n) is 5.54. The molecular weight excluding hydrogens is 534 g/mol. The first-order chi connectivity index (χ1) is 14.7. The Morgan fingerprint density at radius 2 is 1.94 bits per heavy atom. The summed E-state index contributed by atoms with van der Waals surface area (Å²) >= 11 is 2.33. The predicted octanol–water partition coefficient (Wildman–Crippen LogP) is 2.56. The highest BCUT2D eigenvalue weighted by atomic mass is 127. The number of imidazole rings is 1. The Kier molecular flexibility index (Phi) is 6.19. The number of fused-ring (bicyclic) bond motifs is 2. The zero-order valence-electron chi connectivity index (χ0n) is 17.3. The summed E-state index contributed by atoms with van der Waals surface area (Å²) in [6, 6.07) is 4.43. The highest BCUT2D eigenvalue weighted by Gasteiger charge is 2.21. The summed E-state index contributed by atoms with van der Waals surface area (Å²) in [6.07, 6.45) is 2.89. The number of benzene rings is 1. The van der Waals surface area contributed by atoms with E-state index in [0.29, 0.717) is 17.8 Å². The van der Waals surface area contributed by atoms with E-state index in [1.807, 2.05) is 0 Å². The minimum atomic E-state index is -3.42. The third kappa shape index (κ3) is 4.53. The number of aryl methyl sites for hydroxylation is 2. The molecule has 8 nitrogen and oxygen atoms in total. The van der Waals surface area contributed by atoms with E-state index in [0.717, 1.165) is 28.4 Å². The second-order valence-corrected chi connectivity index (χ2v) is 11.4. The molecule has 11 heteroatoms. The van der Waals surface area contributed by atoms with E-state index in [9.17, 15) is 12.8 Å². The first-order valence-electron chi connectivity index (χ1n) is 10.1. The standard InChI is InChI=1S/C20H24FIN6O2S/c1-11(2)31(29,30)24-6-7-28-16(25-17-18(23)26-20(21)27-19(17)28)10-14-8-12-4-3-5-13(12)9-15(14)22/h8-9,11,24H,3-7,10H2,1-2H3,(H2,23,26,27).